The predicted octanol–water partition coefficient (Wildman–Crippen LogP) is 2.24. The highest BCUT2D eigenvalue weighted by Gasteiger charge is 2.25. The number of hydrogen-bond donors (Lipinski definition) is 1. The molecule has 0 unspecified atom stereocenters. The summed E-state index contributed by atoms with van der Waals surface area (Å²) in [5, 5.41) is 13.3. The summed E-state index contributed by atoms with van der Waals surface area (Å²) in [6, 6.07) is 5.54. The molecular formula is C13H17N3O4. The number of rotatable bonds is 2. The van der Waals surface area contributed by atoms with Crippen molar-refractivity contribution in [1.29, 1.82) is 0 Å². The normalized spacial score (nSPS) is 22.4. The first kappa shape index (κ1) is 14.3. The molecular weight excluding hydrogens is 262 g/mol. The zero-order chi connectivity index (χ0) is 14.7. The number of carbonyl (C=O) groups excluding carboxylic acids is 1. The third-order valence-electron chi connectivity index (χ3n) is 3.04. The lowest BCUT2D eigenvalue weighted by Crippen LogP contribution is -2.49. The summed E-state index contributed by atoms with van der Waals surface area (Å²) in [4.78, 5) is 23.9. The molecule has 20 heavy (non-hydrogen) atoms. The van der Waals surface area contributed by atoms with E-state index in [2.05, 4.69) is 5.32 Å². The third-order valence-corrected chi connectivity index (χ3v) is 3.04. The number of nitrogens with one attached hydrogen (secondary N) is 1. The van der Waals surface area contributed by atoms with Gasteiger partial charge >= 0.3 is 6.03 Å². The van der Waals surface area contributed by atoms with E-state index in [4.69, 9.17) is 4.74 Å². The molecule has 2 rings (SSSR count). The van der Waals surface area contributed by atoms with Crippen LogP contribution in [-0.4, -0.2) is 41.2 Å². The second-order valence-corrected chi connectivity index (χ2v) is 4.90. The number of urea groups is 1. The first-order valence-corrected chi connectivity index (χ1v) is 6.41. The van der Waals surface area contributed by atoms with Crippen LogP contribution in [0.15, 0.2) is 24.3 Å². The molecule has 1 N–H and O–H groups in total. The van der Waals surface area contributed by atoms with Crippen molar-refractivity contribution in [2.75, 3.05) is 18.4 Å². The number of benzene rings is 1. The Balaban J connectivity index is 1.98. The lowest BCUT2D eigenvalue weighted by atomic mass is 10.2. The molecule has 0 bridgehead atoms. The van der Waals surface area contributed by atoms with E-state index in [0.717, 1.165) is 0 Å². The highest BCUT2D eigenvalue weighted by molar-refractivity contribution is 5.89. The van der Waals surface area contributed by atoms with Gasteiger partial charge in [0.1, 0.15) is 0 Å². The van der Waals surface area contributed by atoms with Crippen molar-refractivity contribution < 1.29 is 14.5 Å². The molecule has 1 aliphatic rings. The van der Waals surface area contributed by atoms with Crippen molar-refractivity contribution in [2.24, 2.45) is 0 Å². The van der Waals surface area contributed by atoms with Crippen molar-refractivity contribution in [3.8, 4) is 0 Å². The van der Waals surface area contributed by atoms with Crippen molar-refractivity contribution in [3.05, 3.63) is 34.4 Å². The van der Waals surface area contributed by atoms with Gasteiger partial charge in [0.2, 0.25) is 0 Å². The van der Waals surface area contributed by atoms with Gasteiger partial charge in [0.05, 0.1) is 17.1 Å². The summed E-state index contributed by atoms with van der Waals surface area (Å²) in [6.45, 7) is 4.90. The molecule has 1 saturated heterocycles. The Hall–Kier alpha value is -2.15. The molecule has 0 saturated carbocycles. The van der Waals surface area contributed by atoms with Crippen LogP contribution in [0.5, 0.6) is 0 Å². The van der Waals surface area contributed by atoms with Crippen molar-refractivity contribution >= 4 is 17.4 Å². The molecule has 108 valence electrons. The van der Waals surface area contributed by atoms with Crippen LogP contribution in [0.1, 0.15) is 13.8 Å². The molecule has 0 spiro atoms. The number of amides is 2. The molecule has 0 aliphatic carbocycles. The van der Waals surface area contributed by atoms with Crippen molar-refractivity contribution in [1.82, 2.24) is 4.90 Å². The highest BCUT2D eigenvalue weighted by Crippen LogP contribution is 2.17. The van der Waals surface area contributed by atoms with Gasteiger partial charge in [0.15, 0.2) is 0 Å². The molecule has 1 aromatic rings. The Morgan fingerprint density at radius 3 is 2.35 bits per heavy atom. The lowest BCUT2D eigenvalue weighted by Gasteiger charge is -2.35. The first-order chi connectivity index (χ1) is 9.45. The second kappa shape index (κ2) is 5.87. The molecule has 1 heterocycles. The Bertz CT molecular complexity index is 493. The Morgan fingerprint density at radius 2 is 1.85 bits per heavy atom. The topological polar surface area (TPSA) is 84.7 Å². The average Bonchev–Trinajstić information content (AvgIpc) is 2.38. The third kappa shape index (κ3) is 3.45. The summed E-state index contributed by atoms with van der Waals surface area (Å²) >= 11 is 0. The number of nitrogens with zero attached hydrogens (tertiary/aromatic N) is 2. The summed E-state index contributed by atoms with van der Waals surface area (Å²) < 4.78 is 5.56. The molecule has 7 nitrogen and oxygen atoms in total. The van der Waals surface area contributed by atoms with Crippen LogP contribution in [-0.2, 0) is 4.74 Å². The molecule has 1 aliphatic heterocycles. The molecule has 0 radical (unpaired) electrons. The van der Waals surface area contributed by atoms with Crippen LogP contribution in [0.2, 0.25) is 0 Å². The standard InChI is InChI=1S/C13H17N3O4/c1-9-7-15(8-10(2)20-9)13(17)14-11-3-5-12(6-4-11)16(18)19/h3-6,9-10H,7-8H2,1-2H3,(H,14,17)/t9-,10-/m1/s1. The molecule has 7 heteroatoms. The predicted molar refractivity (Wildman–Crippen MR) is 73.7 cm³/mol. The fraction of sp³-hybridized carbons (Fsp3) is 0.462. The maximum Gasteiger partial charge on any atom is 0.322 e. The largest absolute Gasteiger partial charge is 0.372 e. The van der Waals surface area contributed by atoms with Gasteiger partial charge in [0.25, 0.3) is 5.69 Å². The summed E-state index contributed by atoms with van der Waals surface area (Å²) in [7, 11) is 0. The lowest BCUT2D eigenvalue weighted by molar-refractivity contribution is -0.384. The minimum atomic E-state index is -0.475. The van der Waals surface area contributed by atoms with Gasteiger partial charge in [-0.05, 0) is 26.0 Å². The van der Waals surface area contributed by atoms with Gasteiger partial charge in [0, 0.05) is 30.9 Å². The Labute approximate surface area is 116 Å². The maximum atomic E-state index is 12.1. The molecule has 1 aromatic carbocycles. The zero-order valence-electron chi connectivity index (χ0n) is 11.4. The number of ether oxygens (including phenoxy) is 1. The number of carbonyl (C=O) groups is 1. The van der Waals surface area contributed by atoms with Crippen LogP contribution in [0, 0.1) is 10.1 Å². The zero-order valence-corrected chi connectivity index (χ0v) is 11.4. The minimum absolute atomic E-state index is 0.00126. The number of anilines is 1. The van der Waals surface area contributed by atoms with Crippen molar-refractivity contribution in [2.45, 2.75) is 26.1 Å². The van der Waals surface area contributed by atoms with E-state index in [0.29, 0.717) is 18.8 Å². The molecule has 0 aromatic heterocycles. The summed E-state index contributed by atoms with van der Waals surface area (Å²) in [5.74, 6) is 0. The Kier molecular flexibility index (Phi) is 4.19. The fourth-order valence-electron chi connectivity index (χ4n) is 2.21. The van der Waals surface area contributed by atoms with E-state index >= 15 is 0 Å². The SMILES string of the molecule is C[C@@H]1CN(C(=O)Nc2ccc([N+](=O)[O-])cc2)C[C@@H](C)O1. The first-order valence-electron chi connectivity index (χ1n) is 6.41. The van der Waals surface area contributed by atoms with Gasteiger partial charge in [-0.3, -0.25) is 10.1 Å². The monoisotopic (exact) mass is 279 g/mol. The highest BCUT2D eigenvalue weighted by atomic mass is 16.6. The number of nitro groups is 1. The van der Waals surface area contributed by atoms with Crippen LogP contribution >= 0.6 is 0 Å². The quantitative estimate of drug-likeness (QED) is 0.664. The Morgan fingerprint density at radius 1 is 1.30 bits per heavy atom. The smallest absolute Gasteiger partial charge is 0.322 e. The van der Waals surface area contributed by atoms with Crippen LogP contribution in [0.4, 0.5) is 16.2 Å². The average molecular weight is 279 g/mol. The summed E-state index contributed by atoms with van der Waals surface area (Å²) in [6.07, 6.45) is 0.00252. The second-order valence-electron chi connectivity index (χ2n) is 4.90. The van der Waals surface area contributed by atoms with Gasteiger partial charge < -0.3 is 15.0 Å². The van der Waals surface area contributed by atoms with Crippen LogP contribution < -0.4 is 5.32 Å². The van der Waals surface area contributed by atoms with Gasteiger partial charge in [-0.15, -0.1) is 0 Å². The minimum Gasteiger partial charge on any atom is -0.372 e. The molecule has 1 fully saturated rings. The molecule has 2 atom stereocenters. The molecule has 2 amide bonds. The fourth-order valence-corrected chi connectivity index (χ4v) is 2.21. The number of non-ortho nitro benzene ring substituents is 1. The van der Waals surface area contributed by atoms with Crippen LogP contribution in [0.25, 0.3) is 0 Å². The van der Waals surface area contributed by atoms with Gasteiger partial charge in [-0.25, -0.2) is 4.79 Å². The van der Waals surface area contributed by atoms with Gasteiger partial charge in [-0.2, -0.15) is 0 Å². The van der Waals surface area contributed by atoms with Crippen LogP contribution in [0.3, 0.4) is 0 Å². The van der Waals surface area contributed by atoms with E-state index in [9.17, 15) is 14.9 Å². The van der Waals surface area contributed by atoms with E-state index in [1.165, 1.54) is 24.3 Å². The van der Waals surface area contributed by atoms with E-state index < -0.39 is 4.92 Å². The summed E-state index contributed by atoms with van der Waals surface area (Å²) in [5.41, 5.74) is 0.531. The number of hydrogen-bond acceptors (Lipinski definition) is 4. The number of morpholine rings is 1. The van der Waals surface area contributed by atoms with E-state index in [1.54, 1.807) is 4.90 Å². The van der Waals surface area contributed by atoms with Crippen molar-refractivity contribution in [3.63, 3.8) is 0 Å². The van der Waals surface area contributed by atoms with Gasteiger partial charge in [-0.1, -0.05) is 0 Å². The maximum absolute atomic E-state index is 12.1. The van der Waals surface area contributed by atoms with E-state index in [1.807, 2.05) is 13.8 Å². The number of nitro benzene ring substituents is 1. The van der Waals surface area contributed by atoms with E-state index in [-0.39, 0.29) is 23.9 Å².